The highest BCUT2D eigenvalue weighted by molar-refractivity contribution is 6.37. The zero-order chi connectivity index (χ0) is 17.0. The van der Waals surface area contributed by atoms with Crippen LogP contribution in [0, 0.1) is 11.3 Å². The molecule has 0 spiro atoms. The van der Waals surface area contributed by atoms with E-state index in [-0.39, 0.29) is 15.8 Å². The summed E-state index contributed by atoms with van der Waals surface area (Å²) in [6.45, 7) is 0. The van der Waals surface area contributed by atoms with Crippen LogP contribution in [0.25, 0.3) is 11.6 Å². The van der Waals surface area contributed by atoms with E-state index in [2.05, 4.69) is 6.07 Å². The third kappa shape index (κ3) is 3.70. The van der Waals surface area contributed by atoms with E-state index in [0.29, 0.717) is 28.2 Å². The van der Waals surface area contributed by atoms with Crippen molar-refractivity contribution in [1.29, 1.82) is 5.26 Å². The van der Waals surface area contributed by atoms with E-state index in [4.69, 9.17) is 32.7 Å². The first kappa shape index (κ1) is 17.0. The van der Waals surface area contributed by atoms with Crippen LogP contribution in [0.4, 0.5) is 0 Å². The lowest BCUT2D eigenvalue weighted by Gasteiger charge is -2.09. The molecule has 0 heterocycles. The number of benzene rings is 2. The Morgan fingerprint density at radius 1 is 1.09 bits per heavy atom. The van der Waals surface area contributed by atoms with Gasteiger partial charge in [-0.1, -0.05) is 23.2 Å². The van der Waals surface area contributed by atoms with Crippen LogP contribution in [0.3, 0.4) is 0 Å². The van der Waals surface area contributed by atoms with E-state index in [9.17, 15) is 10.4 Å². The minimum atomic E-state index is -0.185. The number of nitriles is 1. The second kappa shape index (κ2) is 7.28. The van der Waals surface area contributed by atoms with E-state index in [1.165, 1.54) is 19.2 Å². The lowest BCUT2D eigenvalue weighted by atomic mass is 10.0. The third-order valence-electron chi connectivity index (χ3n) is 3.17. The Kier molecular flexibility index (Phi) is 5.38. The largest absolute Gasteiger partial charge is 0.505 e. The summed E-state index contributed by atoms with van der Waals surface area (Å²) < 4.78 is 10.4. The molecule has 0 unspecified atom stereocenters. The van der Waals surface area contributed by atoms with Gasteiger partial charge < -0.3 is 14.6 Å². The van der Waals surface area contributed by atoms with Crippen molar-refractivity contribution in [3.8, 4) is 23.3 Å². The fourth-order valence-corrected chi connectivity index (χ4v) is 2.52. The fourth-order valence-electron chi connectivity index (χ4n) is 2.02. The van der Waals surface area contributed by atoms with Crippen LogP contribution < -0.4 is 9.47 Å². The SMILES string of the molecule is COc1ccc(/C(C#N)=C/c2cc(Cl)c(O)c(Cl)c2)cc1OC. The second-order valence-corrected chi connectivity index (χ2v) is 5.39. The average molecular weight is 350 g/mol. The molecular weight excluding hydrogens is 337 g/mol. The monoisotopic (exact) mass is 349 g/mol. The highest BCUT2D eigenvalue weighted by Crippen LogP contribution is 2.35. The molecule has 0 aromatic heterocycles. The number of aromatic hydroxyl groups is 1. The maximum absolute atomic E-state index is 9.59. The summed E-state index contributed by atoms with van der Waals surface area (Å²) in [5, 5.41) is 19.2. The predicted molar refractivity (Wildman–Crippen MR) is 91.2 cm³/mol. The molecule has 0 aliphatic rings. The number of methoxy groups -OCH3 is 2. The number of rotatable bonds is 4. The Bertz CT molecular complexity index is 787. The Morgan fingerprint density at radius 3 is 2.22 bits per heavy atom. The van der Waals surface area contributed by atoms with Crippen molar-refractivity contribution in [3.63, 3.8) is 0 Å². The van der Waals surface area contributed by atoms with Crippen LogP contribution in [-0.2, 0) is 0 Å². The molecule has 4 nitrogen and oxygen atoms in total. The molecule has 0 aliphatic carbocycles. The van der Waals surface area contributed by atoms with Gasteiger partial charge in [0.15, 0.2) is 17.2 Å². The van der Waals surface area contributed by atoms with Crippen molar-refractivity contribution in [1.82, 2.24) is 0 Å². The summed E-state index contributed by atoms with van der Waals surface area (Å²) in [7, 11) is 3.07. The molecule has 0 aliphatic heterocycles. The molecule has 118 valence electrons. The van der Waals surface area contributed by atoms with Crippen LogP contribution in [0.2, 0.25) is 10.0 Å². The smallest absolute Gasteiger partial charge is 0.161 e. The molecule has 0 fully saturated rings. The van der Waals surface area contributed by atoms with Gasteiger partial charge in [0.25, 0.3) is 0 Å². The molecule has 0 saturated heterocycles. The van der Waals surface area contributed by atoms with Crippen molar-refractivity contribution >= 4 is 34.9 Å². The average Bonchev–Trinajstić information content (AvgIpc) is 2.56. The van der Waals surface area contributed by atoms with Gasteiger partial charge in [-0.3, -0.25) is 0 Å². The maximum Gasteiger partial charge on any atom is 0.161 e. The zero-order valence-corrected chi connectivity index (χ0v) is 13.9. The Balaban J connectivity index is 2.50. The molecule has 23 heavy (non-hydrogen) atoms. The molecule has 0 radical (unpaired) electrons. The number of phenols is 1. The van der Waals surface area contributed by atoms with Crippen molar-refractivity contribution < 1.29 is 14.6 Å². The molecule has 0 atom stereocenters. The van der Waals surface area contributed by atoms with E-state index in [0.717, 1.165) is 0 Å². The van der Waals surface area contributed by atoms with Gasteiger partial charge in [0.2, 0.25) is 0 Å². The first-order valence-corrected chi connectivity index (χ1v) is 7.28. The molecule has 0 saturated carbocycles. The van der Waals surface area contributed by atoms with Gasteiger partial charge >= 0.3 is 0 Å². The zero-order valence-electron chi connectivity index (χ0n) is 12.4. The van der Waals surface area contributed by atoms with Gasteiger partial charge in [-0.2, -0.15) is 5.26 Å². The number of phenolic OH excluding ortho intramolecular Hbond substituents is 1. The molecule has 1 N–H and O–H groups in total. The van der Waals surface area contributed by atoms with Crippen LogP contribution in [-0.4, -0.2) is 19.3 Å². The van der Waals surface area contributed by atoms with Gasteiger partial charge in [-0.05, 0) is 47.5 Å². The standard InChI is InChI=1S/C17H13Cl2NO3/c1-22-15-4-3-11(8-16(15)23-2)12(9-20)5-10-6-13(18)17(21)14(19)7-10/h3-8,21H,1-2H3/b12-5+. The molecule has 2 aromatic carbocycles. The van der Waals surface area contributed by atoms with Crippen molar-refractivity contribution in [2.75, 3.05) is 14.2 Å². The van der Waals surface area contributed by atoms with Crippen LogP contribution in [0.1, 0.15) is 11.1 Å². The highest BCUT2D eigenvalue weighted by Gasteiger charge is 2.10. The topological polar surface area (TPSA) is 62.5 Å². The normalized spacial score (nSPS) is 11.0. The van der Waals surface area contributed by atoms with Gasteiger partial charge in [0, 0.05) is 0 Å². The van der Waals surface area contributed by atoms with Gasteiger partial charge in [-0.25, -0.2) is 0 Å². The number of allylic oxidation sites excluding steroid dienone is 1. The Morgan fingerprint density at radius 2 is 1.70 bits per heavy atom. The molecule has 2 rings (SSSR count). The molecular formula is C17H13Cl2NO3. The number of nitrogens with zero attached hydrogens (tertiary/aromatic N) is 1. The van der Waals surface area contributed by atoms with Crippen molar-refractivity contribution in [3.05, 3.63) is 51.5 Å². The predicted octanol–water partition coefficient (Wildman–Crippen LogP) is 4.78. The maximum atomic E-state index is 9.59. The Hall–Kier alpha value is -2.35. The molecule has 0 amide bonds. The third-order valence-corrected chi connectivity index (χ3v) is 3.74. The lowest BCUT2D eigenvalue weighted by Crippen LogP contribution is -1.92. The molecule has 0 bridgehead atoms. The number of halogens is 2. The van der Waals surface area contributed by atoms with E-state index < -0.39 is 0 Å². The Labute approximate surface area is 144 Å². The van der Waals surface area contributed by atoms with E-state index in [1.807, 2.05) is 0 Å². The van der Waals surface area contributed by atoms with E-state index >= 15 is 0 Å². The number of hydrogen-bond donors (Lipinski definition) is 1. The van der Waals surface area contributed by atoms with Crippen LogP contribution in [0.15, 0.2) is 30.3 Å². The first-order chi connectivity index (χ1) is 11.0. The van der Waals surface area contributed by atoms with Crippen LogP contribution >= 0.6 is 23.2 Å². The fraction of sp³-hybridized carbons (Fsp3) is 0.118. The van der Waals surface area contributed by atoms with Crippen molar-refractivity contribution in [2.45, 2.75) is 0 Å². The number of ether oxygens (including phenoxy) is 2. The summed E-state index contributed by atoms with van der Waals surface area (Å²) in [6, 6.07) is 10.4. The first-order valence-electron chi connectivity index (χ1n) is 6.52. The van der Waals surface area contributed by atoms with Crippen molar-refractivity contribution in [2.24, 2.45) is 0 Å². The van der Waals surface area contributed by atoms with Gasteiger partial charge in [-0.15, -0.1) is 0 Å². The summed E-state index contributed by atoms with van der Waals surface area (Å²) in [5.41, 5.74) is 1.65. The van der Waals surface area contributed by atoms with E-state index in [1.54, 1.807) is 31.4 Å². The minimum Gasteiger partial charge on any atom is -0.505 e. The minimum absolute atomic E-state index is 0.119. The summed E-state index contributed by atoms with van der Waals surface area (Å²) in [5.74, 6) is 0.910. The second-order valence-electron chi connectivity index (χ2n) is 4.57. The van der Waals surface area contributed by atoms with Gasteiger partial charge in [0.1, 0.15) is 0 Å². The summed E-state index contributed by atoms with van der Waals surface area (Å²) in [4.78, 5) is 0. The van der Waals surface area contributed by atoms with Gasteiger partial charge in [0.05, 0.1) is 35.9 Å². The quantitative estimate of drug-likeness (QED) is 0.637. The summed E-state index contributed by atoms with van der Waals surface area (Å²) in [6.07, 6.45) is 1.62. The lowest BCUT2D eigenvalue weighted by molar-refractivity contribution is 0.355. The number of hydrogen-bond acceptors (Lipinski definition) is 4. The molecule has 6 heteroatoms. The highest BCUT2D eigenvalue weighted by atomic mass is 35.5. The van der Waals surface area contributed by atoms with Crippen LogP contribution in [0.5, 0.6) is 17.2 Å². The molecule has 2 aromatic rings. The summed E-state index contributed by atoms with van der Waals surface area (Å²) >= 11 is 11.8.